The molecule has 0 radical (unpaired) electrons. The summed E-state index contributed by atoms with van der Waals surface area (Å²) in [5.74, 6) is 0.402. The van der Waals surface area contributed by atoms with E-state index in [9.17, 15) is 4.79 Å². The number of carbonyl (C=O) groups is 1. The summed E-state index contributed by atoms with van der Waals surface area (Å²) in [4.78, 5) is 11.9. The Bertz CT molecular complexity index is 767. The number of hydrogen-bond acceptors (Lipinski definition) is 3. The van der Waals surface area contributed by atoms with E-state index in [1.165, 1.54) is 12.8 Å². The normalized spacial score (nSPS) is 11.6. The molecule has 0 heterocycles. The molecule has 0 unspecified atom stereocenters. The fraction of sp³-hybridized carbons (Fsp3) is 0.304. The number of aryl methyl sites for hydroxylation is 1. The number of hydrogen-bond donors (Lipinski definition) is 1. The van der Waals surface area contributed by atoms with Crippen LogP contribution < -0.4 is 10.2 Å². The fourth-order valence-electron chi connectivity index (χ4n) is 2.59. The first-order valence-electron chi connectivity index (χ1n) is 9.44. The Morgan fingerprint density at radius 1 is 1.11 bits per heavy atom. The van der Waals surface area contributed by atoms with Crippen molar-refractivity contribution in [3.63, 3.8) is 0 Å². The minimum absolute atomic E-state index is 0.0611. The highest BCUT2D eigenvalue weighted by atomic mass is 16.5. The number of nitrogens with zero attached hydrogens (tertiary/aromatic N) is 1. The number of benzene rings is 2. The summed E-state index contributed by atoms with van der Waals surface area (Å²) in [6, 6.07) is 17.7. The van der Waals surface area contributed by atoms with E-state index in [1.54, 1.807) is 6.21 Å². The van der Waals surface area contributed by atoms with Crippen molar-refractivity contribution in [3.8, 4) is 5.75 Å². The second-order valence-electron chi connectivity index (χ2n) is 6.49. The van der Waals surface area contributed by atoms with Crippen molar-refractivity contribution in [2.24, 2.45) is 5.10 Å². The Morgan fingerprint density at radius 3 is 2.67 bits per heavy atom. The average molecular weight is 364 g/mol. The molecule has 142 valence electrons. The molecule has 2 rings (SSSR count). The van der Waals surface area contributed by atoms with Crippen molar-refractivity contribution in [1.29, 1.82) is 0 Å². The Hall–Kier alpha value is -2.88. The summed E-state index contributed by atoms with van der Waals surface area (Å²) in [6.45, 7) is 4.11. The number of allylic oxidation sites excluding steroid dienone is 1. The van der Waals surface area contributed by atoms with Crippen LogP contribution in [0.25, 0.3) is 6.08 Å². The molecular weight excluding hydrogens is 336 g/mol. The van der Waals surface area contributed by atoms with E-state index in [0.29, 0.717) is 5.75 Å². The Morgan fingerprint density at radius 2 is 1.93 bits per heavy atom. The number of carbonyl (C=O) groups excluding carboxylic acids is 1. The molecule has 4 nitrogen and oxygen atoms in total. The molecule has 0 aliphatic carbocycles. The third kappa shape index (κ3) is 8.36. The maximum atomic E-state index is 11.9. The first-order chi connectivity index (χ1) is 13.2. The molecule has 0 saturated heterocycles. The van der Waals surface area contributed by atoms with Crippen molar-refractivity contribution in [3.05, 3.63) is 71.3 Å². The summed E-state index contributed by atoms with van der Waals surface area (Å²) in [7, 11) is 0. The maximum absolute atomic E-state index is 11.9. The van der Waals surface area contributed by atoms with Crippen LogP contribution in [-0.4, -0.2) is 18.7 Å². The molecular formula is C23H28N2O2. The van der Waals surface area contributed by atoms with Gasteiger partial charge in [0.05, 0.1) is 6.21 Å². The smallest absolute Gasteiger partial charge is 0.277 e. The van der Waals surface area contributed by atoms with Gasteiger partial charge in [0.2, 0.25) is 0 Å². The molecule has 2 aromatic rings. The van der Waals surface area contributed by atoms with Crippen LogP contribution in [0.4, 0.5) is 0 Å². The molecule has 0 aliphatic heterocycles. The zero-order chi connectivity index (χ0) is 19.3. The Labute approximate surface area is 162 Å². The van der Waals surface area contributed by atoms with Gasteiger partial charge in [-0.05, 0) is 48.6 Å². The number of unbranched alkanes of at least 4 members (excludes halogenated alkanes) is 2. The van der Waals surface area contributed by atoms with Crippen molar-refractivity contribution < 1.29 is 9.53 Å². The summed E-state index contributed by atoms with van der Waals surface area (Å²) in [5, 5.41) is 4.10. The van der Waals surface area contributed by atoms with Crippen LogP contribution in [0.1, 0.15) is 43.7 Å². The van der Waals surface area contributed by atoms with Crippen LogP contribution in [0.5, 0.6) is 5.75 Å². The molecule has 0 aromatic heterocycles. The quantitative estimate of drug-likeness (QED) is 0.360. The highest BCUT2D eigenvalue weighted by Crippen LogP contribution is 2.13. The lowest BCUT2D eigenvalue weighted by Gasteiger charge is -2.06. The second kappa shape index (κ2) is 11.7. The SMILES string of the molecule is CCCCCC(/C=N\NC(=O)COc1cccc(C)c1)=C\c1ccccc1. The number of ether oxygens (including phenoxy) is 1. The van der Waals surface area contributed by atoms with Gasteiger partial charge in [-0.3, -0.25) is 4.79 Å². The van der Waals surface area contributed by atoms with Crippen molar-refractivity contribution in [2.45, 2.75) is 39.5 Å². The molecule has 0 fully saturated rings. The zero-order valence-electron chi connectivity index (χ0n) is 16.2. The number of rotatable bonds is 10. The minimum atomic E-state index is -0.277. The van der Waals surface area contributed by atoms with E-state index in [4.69, 9.17) is 4.74 Å². The van der Waals surface area contributed by atoms with Gasteiger partial charge in [-0.15, -0.1) is 0 Å². The van der Waals surface area contributed by atoms with Gasteiger partial charge < -0.3 is 4.74 Å². The molecule has 4 heteroatoms. The van der Waals surface area contributed by atoms with Gasteiger partial charge in [0.1, 0.15) is 5.75 Å². The van der Waals surface area contributed by atoms with Crippen LogP contribution in [0.15, 0.2) is 65.3 Å². The molecule has 0 aliphatic rings. The van der Waals surface area contributed by atoms with Gasteiger partial charge in [0.25, 0.3) is 5.91 Å². The van der Waals surface area contributed by atoms with Crippen LogP contribution in [0.3, 0.4) is 0 Å². The van der Waals surface area contributed by atoms with Gasteiger partial charge >= 0.3 is 0 Å². The summed E-state index contributed by atoms with van der Waals surface area (Å²) < 4.78 is 5.48. The highest BCUT2D eigenvalue weighted by Gasteiger charge is 2.02. The molecule has 0 spiro atoms. The van der Waals surface area contributed by atoms with E-state index in [0.717, 1.165) is 29.5 Å². The largest absolute Gasteiger partial charge is 0.484 e. The predicted octanol–water partition coefficient (Wildman–Crippen LogP) is 5.14. The van der Waals surface area contributed by atoms with E-state index < -0.39 is 0 Å². The molecule has 1 amide bonds. The summed E-state index contributed by atoms with van der Waals surface area (Å²) >= 11 is 0. The first-order valence-corrected chi connectivity index (χ1v) is 9.44. The molecule has 0 atom stereocenters. The van der Waals surface area contributed by atoms with Crippen LogP contribution in [0.2, 0.25) is 0 Å². The minimum Gasteiger partial charge on any atom is -0.484 e. The highest BCUT2D eigenvalue weighted by molar-refractivity contribution is 5.87. The third-order valence-electron chi connectivity index (χ3n) is 4.00. The third-order valence-corrected chi connectivity index (χ3v) is 4.00. The lowest BCUT2D eigenvalue weighted by Crippen LogP contribution is -2.24. The average Bonchev–Trinajstić information content (AvgIpc) is 2.67. The standard InChI is InChI=1S/C23H28N2O2/c1-3-4-6-13-21(16-20-11-7-5-8-12-20)17-24-25-23(26)18-27-22-14-9-10-19(2)15-22/h5,7-12,14-17H,3-4,6,13,18H2,1-2H3,(H,25,26)/b21-16+,24-17-. The van der Waals surface area contributed by atoms with Crippen molar-refractivity contribution >= 4 is 18.2 Å². The first kappa shape index (κ1) is 20.4. The van der Waals surface area contributed by atoms with Crippen LogP contribution in [-0.2, 0) is 4.79 Å². The summed E-state index contributed by atoms with van der Waals surface area (Å²) in [5.41, 5.74) is 5.85. The molecule has 0 saturated carbocycles. The van der Waals surface area contributed by atoms with Gasteiger partial charge in [0, 0.05) is 0 Å². The van der Waals surface area contributed by atoms with Gasteiger partial charge in [-0.2, -0.15) is 5.10 Å². The molecule has 2 aromatic carbocycles. The zero-order valence-corrected chi connectivity index (χ0v) is 16.2. The van der Waals surface area contributed by atoms with E-state index in [-0.39, 0.29) is 12.5 Å². The molecule has 1 N–H and O–H groups in total. The van der Waals surface area contributed by atoms with Crippen molar-refractivity contribution in [2.75, 3.05) is 6.61 Å². The lowest BCUT2D eigenvalue weighted by molar-refractivity contribution is -0.123. The van der Waals surface area contributed by atoms with E-state index in [1.807, 2.05) is 49.4 Å². The van der Waals surface area contributed by atoms with Crippen LogP contribution in [0, 0.1) is 6.92 Å². The van der Waals surface area contributed by atoms with E-state index >= 15 is 0 Å². The monoisotopic (exact) mass is 364 g/mol. The Kier molecular flexibility index (Phi) is 8.84. The van der Waals surface area contributed by atoms with Gasteiger partial charge in [0.15, 0.2) is 6.61 Å². The summed E-state index contributed by atoms with van der Waals surface area (Å²) in [6.07, 6.45) is 8.22. The second-order valence-corrected chi connectivity index (χ2v) is 6.49. The van der Waals surface area contributed by atoms with Gasteiger partial charge in [-0.25, -0.2) is 5.43 Å². The maximum Gasteiger partial charge on any atom is 0.277 e. The predicted molar refractivity (Wildman–Crippen MR) is 112 cm³/mol. The lowest BCUT2D eigenvalue weighted by atomic mass is 10.1. The number of nitrogens with one attached hydrogen (secondary N) is 1. The Balaban J connectivity index is 1.88. The number of hydrazone groups is 1. The topological polar surface area (TPSA) is 50.7 Å². The fourth-order valence-corrected chi connectivity index (χ4v) is 2.59. The molecule has 27 heavy (non-hydrogen) atoms. The molecule has 0 bridgehead atoms. The number of amides is 1. The van der Waals surface area contributed by atoms with E-state index in [2.05, 4.69) is 35.7 Å². The van der Waals surface area contributed by atoms with Crippen molar-refractivity contribution in [1.82, 2.24) is 5.43 Å². The van der Waals surface area contributed by atoms with Crippen LogP contribution >= 0.6 is 0 Å². The van der Waals surface area contributed by atoms with Gasteiger partial charge in [-0.1, -0.05) is 68.3 Å².